The van der Waals surface area contributed by atoms with Gasteiger partial charge in [-0.3, -0.25) is 4.79 Å². The van der Waals surface area contributed by atoms with Crippen LogP contribution in [0.25, 0.3) is 0 Å². The van der Waals surface area contributed by atoms with Crippen LogP contribution in [0.5, 0.6) is 0 Å². The first-order valence-corrected chi connectivity index (χ1v) is 9.30. The first-order valence-electron chi connectivity index (χ1n) is 7.48. The molecule has 1 aliphatic rings. The van der Waals surface area contributed by atoms with Crippen LogP contribution in [-0.2, 0) is 9.84 Å². The van der Waals surface area contributed by atoms with E-state index in [1.54, 1.807) is 18.0 Å². The molecule has 2 rings (SSSR count). The summed E-state index contributed by atoms with van der Waals surface area (Å²) in [7, 11) is 2.64. The highest BCUT2D eigenvalue weighted by Gasteiger charge is 2.31. The van der Waals surface area contributed by atoms with Crippen LogP contribution in [0.3, 0.4) is 0 Å². The van der Waals surface area contributed by atoms with E-state index in [9.17, 15) is 13.2 Å². The second kappa shape index (κ2) is 7.22. The molecule has 0 radical (unpaired) electrons. The average molecular weight is 341 g/mol. The third-order valence-corrected chi connectivity index (χ3v) is 5.54. The predicted octanol–water partition coefficient (Wildman–Crippen LogP) is -0.609. The van der Waals surface area contributed by atoms with Gasteiger partial charge in [0, 0.05) is 32.4 Å². The Morgan fingerprint density at radius 1 is 1.39 bits per heavy atom. The summed E-state index contributed by atoms with van der Waals surface area (Å²) in [6.07, 6.45) is 2.07. The van der Waals surface area contributed by atoms with Crippen molar-refractivity contribution >= 4 is 21.7 Å². The Kier molecular flexibility index (Phi) is 5.53. The summed E-state index contributed by atoms with van der Waals surface area (Å²) in [4.78, 5) is 24.2. The summed E-state index contributed by atoms with van der Waals surface area (Å²) in [6.45, 7) is 1.27. The highest BCUT2D eigenvalue weighted by Crippen LogP contribution is 2.20. The zero-order valence-electron chi connectivity index (χ0n) is 13.7. The fourth-order valence-corrected chi connectivity index (χ4v) is 4.15. The van der Waals surface area contributed by atoms with Crippen molar-refractivity contribution in [3.63, 3.8) is 0 Å². The van der Waals surface area contributed by atoms with E-state index >= 15 is 0 Å². The third kappa shape index (κ3) is 4.87. The third-order valence-electron chi connectivity index (χ3n) is 3.79. The molecule has 1 saturated heterocycles. The molecule has 1 N–H and O–H groups in total. The highest BCUT2D eigenvalue weighted by atomic mass is 32.2. The summed E-state index contributed by atoms with van der Waals surface area (Å²) in [6, 6.07) is 1.40. The zero-order chi connectivity index (χ0) is 17.0. The van der Waals surface area contributed by atoms with Crippen LogP contribution in [0, 0.1) is 0 Å². The molecule has 128 valence electrons. The molecule has 1 atom stereocenters. The molecule has 0 saturated carbocycles. The largest absolute Gasteiger partial charge is 0.349 e. The Hall–Kier alpha value is -1.74. The first-order chi connectivity index (χ1) is 10.8. The van der Waals surface area contributed by atoms with Crippen LogP contribution in [0.1, 0.15) is 16.9 Å². The van der Waals surface area contributed by atoms with Crippen LogP contribution in [0.2, 0.25) is 0 Å². The molecule has 2 heterocycles. The number of hydrogen-bond donors (Lipinski definition) is 1. The number of sulfone groups is 1. The fraction of sp³-hybridized carbons (Fsp3) is 0.643. The predicted molar refractivity (Wildman–Crippen MR) is 88.4 cm³/mol. The van der Waals surface area contributed by atoms with Gasteiger partial charge in [0.15, 0.2) is 9.84 Å². The molecular formula is C14H23N5O3S. The molecule has 0 bridgehead atoms. The minimum Gasteiger partial charge on any atom is -0.349 e. The Bertz CT molecular complexity index is 662. The van der Waals surface area contributed by atoms with Crippen LogP contribution >= 0.6 is 0 Å². The van der Waals surface area contributed by atoms with Crippen molar-refractivity contribution in [3.8, 4) is 0 Å². The molecule has 0 spiro atoms. The molecule has 1 fully saturated rings. The van der Waals surface area contributed by atoms with Crippen molar-refractivity contribution in [2.75, 3.05) is 50.6 Å². The molecule has 1 aromatic rings. The Labute approximate surface area is 136 Å². The van der Waals surface area contributed by atoms with E-state index in [-0.39, 0.29) is 29.1 Å². The highest BCUT2D eigenvalue weighted by molar-refractivity contribution is 7.91. The van der Waals surface area contributed by atoms with Gasteiger partial charge in [0.05, 0.1) is 11.5 Å². The maximum atomic E-state index is 12.1. The van der Waals surface area contributed by atoms with Gasteiger partial charge >= 0.3 is 0 Å². The molecule has 0 aromatic carbocycles. The van der Waals surface area contributed by atoms with E-state index in [2.05, 4.69) is 15.3 Å². The standard InChI is InChI=1S/C14H23N5O3S/c1-18(2)8-7-15-13(20)12-4-6-16-14(17-12)19(3)11-5-9-23(21,22)10-11/h4,6,11H,5,7-10H2,1-3H3,(H,15,20). The van der Waals surface area contributed by atoms with Crippen LogP contribution in [-0.4, -0.2) is 81.0 Å². The van der Waals surface area contributed by atoms with E-state index in [1.165, 1.54) is 6.20 Å². The summed E-state index contributed by atoms with van der Waals surface area (Å²) in [5, 5.41) is 2.79. The van der Waals surface area contributed by atoms with E-state index in [0.717, 1.165) is 6.54 Å². The van der Waals surface area contributed by atoms with Crippen LogP contribution in [0.15, 0.2) is 12.3 Å². The van der Waals surface area contributed by atoms with Crippen molar-refractivity contribution in [2.45, 2.75) is 12.5 Å². The topological polar surface area (TPSA) is 95.5 Å². The lowest BCUT2D eigenvalue weighted by Gasteiger charge is -2.23. The van der Waals surface area contributed by atoms with Gasteiger partial charge in [-0.25, -0.2) is 18.4 Å². The Balaban J connectivity index is 2.03. The summed E-state index contributed by atoms with van der Waals surface area (Å²) in [5.41, 5.74) is 0.279. The quantitative estimate of drug-likeness (QED) is 0.737. The number of likely N-dealkylation sites (N-methyl/N-ethyl adjacent to an activating group) is 1. The molecule has 8 nitrogen and oxygen atoms in total. The van der Waals surface area contributed by atoms with Gasteiger partial charge in [0.1, 0.15) is 5.69 Å². The molecule has 1 unspecified atom stereocenters. The normalized spacial score (nSPS) is 19.7. The second-order valence-corrected chi connectivity index (χ2v) is 8.20. The van der Waals surface area contributed by atoms with Gasteiger partial charge in [0.2, 0.25) is 5.95 Å². The first kappa shape index (κ1) is 17.6. The monoisotopic (exact) mass is 341 g/mol. The van der Waals surface area contributed by atoms with Crippen molar-refractivity contribution in [2.24, 2.45) is 0 Å². The van der Waals surface area contributed by atoms with Crippen molar-refractivity contribution in [1.29, 1.82) is 0 Å². The van der Waals surface area contributed by atoms with Gasteiger partial charge in [-0.15, -0.1) is 0 Å². The number of anilines is 1. The molecule has 23 heavy (non-hydrogen) atoms. The van der Waals surface area contributed by atoms with E-state index in [0.29, 0.717) is 18.9 Å². The second-order valence-electron chi connectivity index (χ2n) is 5.97. The van der Waals surface area contributed by atoms with E-state index < -0.39 is 9.84 Å². The Morgan fingerprint density at radius 2 is 2.13 bits per heavy atom. The number of aromatic nitrogens is 2. The molecule has 1 amide bonds. The van der Waals surface area contributed by atoms with Crippen molar-refractivity contribution < 1.29 is 13.2 Å². The lowest BCUT2D eigenvalue weighted by Crippen LogP contribution is -2.35. The maximum Gasteiger partial charge on any atom is 0.270 e. The zero-order valence-corrected chi connectivity index (χ0v) is 14.5. The van der Waals surface area contributed by atoms with Crippen LogP contribution in [0.4, 0.5) is 5.95 Å². The van der Waals surface area contributed by atoms with Gasteiger partial charge in [0.25, 0.3) is 5.91 Å². The minimum absolute atomic E-state index is 0.103. The number of amides is 1. The van der Waals surface area contributed by atoms with Crippen LogP contribution < -0.4 is 10.2 Å². The number of carbonyl (C=O) groups excluding carboxylic acids is 1. The number of nitrogens with one attached hydrogen (secondary N) is 1. The number of carbonyl (C=O) groups is 1. The summed E-state index contributed by atoms with van der Waals surface area (Å²) < 4.78 is 23.2. The van der Waals surface area contributed by atoms with Gasteiger partial charge in [-0.05, 0) is 26.6 Å². The van der Waals surface area contributed by atoms with E-state index in [1.807, 2.05) is 19.0 Å². The average Bonchev–Trinajstić information content (AvgIpc) is 2.86. The maximum absolute atomic E-state index is 12.1. The smallest absolute Gasteiger partial charge is 0.270 e. The van der Waals surface area contributed by atoms with Gasteiger partial charge < -0.3 is 15.1 Å². The SMILES string of the molecule is CN(C)CCNC(=O)c1ccnc(N(C)C2CCS(=O)(=O)C2)n1. The molecule has 0 aliphatic carbocycles. The molecular weight excluding hydrogens is 318 g/mol. The summed E-state index contributed by atoms with van der Waals surface area (Å²) in [5.74, 6) is 0.397. The molecule has 9 heteroatoms. The van der Waals surface area contributed by atoms with Gasteiger partial charge in [-0.1, -0.05) is 0 Å². The van der Waals surface area contributed by atoms with Crippen molar-refractivity contribution in [1.82, 2.24) is 20.2 Å². The lowest BCUT2D eigenvalue weighted by atomic mass is 10.2. The summed E-state index contributed by atoms with van der Waals surface area (Å²) >= 11 is 0. The van der Waals surface area contributed by atoms with E-state index in [4.69, 9.17) is 0 Å². The van der Waals surface area contributed by atoms with Gasteiger partial charge in [-0.2, -0.15) is 0 Å². The lowest BCUT2D eigenvalue weighted by molar-refractivity contribution is 0.0946. The number of hydrogen-bond acceptors (Lipinski definition) is 7. The molecule has 1 aliphatic heterocycles. The Morgan fingerprint density at radius 3 is 2.74 bits per heavy atom. The number of rotatable bonds is 6. The number of nitrogens with zero attached hydrogens (tertiary/aromatic N) is 4. The molecule has 1 aromatic heterocycles. The van der Waals surface area contributed by atoms with Crippen molar-refractivity contribution in [3.05, 3.63) is 18.0 Å². The minimum atomic E-state index is -2.98. The fourth-order valence-electron chi connectivity index (χ4n) is 2.37.